The minimum atomic E-state index is -0.638. The monoisotopic (exact) mass is 185 g/mol. The maximum Gasteiger partial charge on any atom is 0.307 e. The van der Waals surface area contributed by atoms with Crippen LogP contribution in [0.3, 0.4) is 0 Å². The third-order valence-electron chi connectivity index (χ3n) is 2.90. The van der Waals surface area contributed by atoms with Gasteiger partial charge in [-0.05, 0) is 26.3 Å². The fraction of sp³-hybridized carbons (Fsp3) is 0.900. The lowest BCUT2D eigenvalue weighted by Crippen LogP contribution is -2.48. The van der Waals surface area contributed by atoms with Crippen molar-refractivity contribution in [3.8, 4) is 0 Å². The minimum Gasteiger partial charge on any atom is -0.481 e. The van der Waals surface area contributed by atoms with E-state index in [0.29, 0.717) is 6.04 Å². The molecule has 0 spiro atoms. The summed E-state index contributed by atoms with van der Waals surface area (Å²) in [4.78, 5) is 13.1. The van der Waals surface area contributed by atoms with Gasteiger partial charge in [-0.1, -0.05) is 13.3 Å². The first-order chi connectivity index (χ1) is 6.15. The number of rotatable bonds is 5. The van der Waals surface area contributed by atoms with Crippen molar-refractivity contribution in [2.45, 2.75) is 39.2 Å². The van der Waals surface area contributed by atoms with Crippen LogP contribution in [-0.4, -0.2) is 35.1 Å². The number of nitrogens with zero attached hydrogens (tertiary/aromatic N) is 1. The molecular weight excluding hydrogens is 166 g/mol. The van der Waals surface area contributed by atoms with Crippen LogP contribution in [0.2, 0.25) is 0 Å². The van der Waals surface area contributed by atoms with Crippen molar-refractivity contribution in [2.24, 2.45) is 5.92 Å². The molecule has 0 bridgehead atoms. The molecule has 3 heteroatoms. The quantitative estimate of drug-likeness (QED) is 0.707. The lowest BCUT2D eigenvalue weighted by Gasteiger charge is -2.40. The summed E-state index contributed by atoms with van der Waals surface area (Å²) >= 11 is 0. The van der Waals surface area contributed by atoms with Crippen LogP contribution in [0.15, 0.2) is 0 Å². The lowest BCUT2D eigenvalue weighted by atomic mass is 9.98. The molecule has 0 aromatic carbocycles. The third kappa shape index (κ3) is 2.69. The minimum absolute atomic E-state index is 0.159. The van der Waals surface area contributed by atoms with E-state index in [2.05, 4.69) is 11.8 Å². The van der Waals surface area contributed by atoms with Crippen molar-refractivity contribution >= 4 is 5.97 Å². The van der Waals surface area contributed by atoms with Crippen LogP contribution in [-0.2, 0) is 4.79 Å². The van der Waals surface area contributed by atoms with Crippen molar-refractivity contribution < 1.29 is 9.90 Å². The molecule has 1 N–H and O–H groups in total. The van der Waals surface area contributed by atoms with Gasteiger partial charge < -0.3 is 5.11 Å². The van der Waals surface area contributed by atoms with E-state index in [0.717, 1.165) is 25.9 Å². The summed E-state index contributed by atoms with van der Waals surface area (Å²) in [6.07, 6.45) is 2.98. The van der Waals surface area contributed by atoms with Crippen LogP contribution in [0.4, 0.5) is 0 Å². The Balaban J connectivity index is 2.33. The summed E-state index contributed by atoms with van der Waals surface area (Å²) in [7, 11) is 0. The normalized spacial score (nSPS) is 25.2. The van der Waals surface area contributed by atoms with Gasteiger partial charge in [0.15, 0.2) is 0 Å². The molecule has 0 saturated carbocycles. The highest BCUT2D eigenvalue weighted by Crippen LogP contribution is 2.20. The Kier molecular flexibility index (Phi) is 3.72. The molecule has 2 unspecified atom stereocenters. The van der Waals surface area contributed by atoms with Gasteiger partial charge in [0.1, 0.15) is 0 Å². The molecular formula is C10H19NO2. The van der Waals surface area contributed by atoms with Crippen LogP contribution >= 0.6 is 0 Å². The van der Waals surface area contributed by atoms with Gasteiger partial charge in [0, 0.05) is 12.6 Å². The highest BCUT2D eigenvalue weighted by molar-refractivity contribution is 5.70. The van der Waals surface area contributed by atoms with Crippen LogP contribution in [0.1, 0.15) is 33.1 Å². The van der Waals surface area contributed by atoms with Gasteiger partial charge in [-0.2, -0.15) is 0 Å². The van der Waals surface area contributed by atoms with Gasteiger partial charge in [-0.3, -0.25) is 9.69 Å². The SMILES string of the molecule is CCCC(CN1CCC1C)C(=O)O. The second kappa shape index (κ2) is 4.61. The topological polar surface area (TPSA) is 40.5 Å². The zero-order chi connectivity index (χ0) is 9.84. The second-order valence-corrected chi connectivity index (χ2v) is 3.96. The number of hydrogen-bond acceptors (Lipinski definition) is 2. The Bertz CT molecular complexity index is 182. The molecule has 1 rings (SSSR count). The van der Waals surface area contributed by atoms with Crippen molar-refractivity contribution in [2.75, 3.05) is 13.1 Å². The molecule has 0 radical (unpaired) electrons. The average Bonchev–Trinajstić information content (AvgIpc) is 2.09. The van der Waals surface area contributed by atoms with Gasteiger partial charge in [-0.25, -0.2) is 0 Å². The molecule has 0 aliphatic carbocycles. The largest absolute Gasteiger partial charge is 0.481 e. The summed E-state index contributed by atoms with van der Waals surface area (Å²) < 4.78 is 0. The van der Waals surface area contributed by atoms with Gasteiger partial charge in [-0.15, -0.1) is 0 Å². The molecule has 1 aliphatic heterocycles. The Morgan fingerprint density at radius 2 is 2.38 bits per heavy atom. The molecule has 0 aromatic rings. The van der Waals surface area contributed by atoms with Crippen LogP contribution in [0, 0.1) is 5.92 Å². The Hall–Kier alpha value is -0.570. The second-order valence-electron chi connectivity index (χ2n) is 3.96. The smallest absolute Gasteiger partial charge is 0.307 e. The third-order valence-corrected chi connectivity index (χ3v) is 2.90. The molecule has 1 saturated heterocycles. The van der Waals surface area contributed by atoms with E-state index < -0.39 is 5.97 Å². The van der Waals surface area contributed by atoms with Crippen molar-refractivity contribution in [1.82, 2.24) is 4.90 Å². The maximum absolute atomic E-state index is 10.8. The number of aliphatic carboxylic acids is 1. The van der Waals surface area contributed by atoms with E-state index in [-0.39, 0.29) is 5.92 Å². The van der Waals surface area contributed by atoms with Crippen molar-refractivity contribution in [3.05, 3.63) is 0 Å². The van der Waals surface area contributed by atoms with Crippen LogP contribution < -0.4 is 0 Å². The maximum atomic E-state index is 10.8. The summed E-state index contributed by atoms with van der Waals surface area (Å²) in [5.41, 5.74) is 0. The molecule has 0 amide bonds. The van der Waals surface area contributed by atoms with Crippen molar-refractivity contribution in [1.29, 1.82) is 0 Å². The zero-order valence-electron chi connectivity index (χ0n) is 8.49. The van der Waals surface area contributed by atoms with Crippen LogP contribution in [0.25, 0.3) is 0 Å². The van der Waals surface area contributed by atoms with E-state index in [4.69, 9.17) is 5.11 Å². The zero-order valence-corrected chi connectivity index (χ0v) is 8.49. The predicted octanol–water partition coefficient (Wildman–Crippen LogP) is 1.58. The van der Waals surface area contributed by atoms with Gasteiger partial charge in [0.2, 0.25) is 0 Å². The molecule has 0 aromatic heterocycles. The Morgan fingerprint density at radius 1 is 1.69 bits per heavy atom. The Morgan fingerprint density at radius 3 is 2.69 bits per heavy atom. The highest BCUT2D eigenvalue weighted by atomic mass is 16.4. The van der Waals surface area contributed by atoms with E-state index >= 15 is 0 Å². The molecule has 3 nitrogen and oxygen atoms in total. The number of hydrogen-bond donors (Lipinski definition) is 1. The Labute approximate surface area is 79.7 Å². The standard InChI is InChI=1S/C10H19NO2/c1-3-4-9(10(12)13)7-11-6-5-8(11)2/h8-9H,3-7H2,1-2H3,(H,12,13). The number of carbonyl (C=O) groups is 1. The average molecular weight is 185 g/mol. The number of likely N-dealkylation sites (tertiary alicyclic amines) is 1. The van der Waals surface area contributed by atoms with E-state index in [1.165, 1.54) is 6.42 Å². The molecule has 1 fully saturated rings. The molecule has 13 heavy (non-hydrogen) atoms. The number of carboxylic acid groups (broad SMARTS) is 1. The summed E-state index contributed by atoms with van der Waals surface area (Å²) in [6.45, 7) is 6.02. The fourth-order valence-corrected chi connectivity index (χ4v) is 1.77. The summed E-state index contributed by atoms with van der Waals surface area (Å²) in [5.74, 6) is -0.798. The van der Waals surface area contributed by atoms with E-state index in [9.17, 15) is 4.79 Å². The van der Waals surface area contributed by atoms with E-state index in [1.54, 1.807) is 0 Å². The molecule has 1 heterocycles. The van der Waals surface area contributed by atoms with Crippen molar-refractivity contribution in [3.63, 3.8) is 0 Å². The predicted molar refractivity (Wildman–Crippen MR) is 51.7 cm³/mol. The highest BCUT2D eigenvalue weighted by Gasteiger charge is 2.28. The van der Waals surface area contributed by atoms with Gasteiger partial charge in [0.05, 0.1) is 5.92 Å². The molecule has 76 valence electrons. The fourth-order valence-electron chi connectivity index (χ4n) is 1.77. The van der Waals surface area contributed by atoms with Gasteiger partial charge >= 0.3 is 5.97 Å². The number of carboxylic acids is 1. The first-order valence-electron chi connectivity index (χ1n) is 5.12. The first-order valence-corrected chi connectivity index (χ1v) is 5.12. The first kappa shape index (κ1) is 10.5. The molecule has 2 atom stereocenters. The summed E-state index contributed by atoms with van der Waals surface area (Å²) in [5, 5.41) is 8.93. The molecule has 1 aliphatic rings. The van der Waals surface area contributed by atoms with E-state index in [1.807, 2.05) is 6.92 Å². The lowest BCUT2D eigenvalue weighted by molar-refractivity contribution is -0.143. The van der Waals surface area contributed by atoms with Crippen LogP contribution in [0.5, 0.6) is 0 Å². The van der Waals surface area contributed by atoms with Gasteiger partial charge in [0.25, 0.3) is 0 Å². The summed E-state index contributed by atoms with van der Waals surface area (Å²) in [6, 6.07) is 0.596.